The number of amides is 2. The van der Waals surface area contributed by atoms with Crippen LogP contribution < -0.4 is 5.32 Å². The summed E-state index contributed by atoms with van der Waals surface area (Å²) in [6, 6.07) is 16.2. The average Bonchev–Trinajstić information content (AvgIpc) is 2.96. The number of nitrogens with one attached hydrogen (secondary N) is 1. The van der Waals surface area contributed by atoms with Crippen LogP contribution in [0.3, 0.4) is 0 Å². The largest absolute Gasteiger partial charge is 0.323 e. The Morgan fingerprint density at radius 3 is 2.68 bits per heavy atom. The fraction of sp³-hybridized carbons (Fsp3) is 0.273. The summed E-state index contributed by atoms with van der Waals surface area (Å²) in [6.07, 6.45) is 2.64. The zero-order valence-electron chi connectivity index (χ0n) is 15.6. The van der Waals surface area contributed by atoms with E-state index in [-0.39, 0.29) is 11.8 Å². The molecular formula is C22H23FN4O. The highest BCUT2D eigenvalue weighted by Crippen LogP contribution is 2.21. The molecule has 0 spiro atoms. The Bertz CT molecular complexity index is 955. The number of fused-ring (bicyclic) bond motifs is 1. The number of pyridine rings is 1. The van der Waals surface area contributed by atoms with Crippen molar-refractivity contribution in [2.45, 2.75) is 13.0 Å². The zero-order valence-corrected chi connectivity index (χ0v) is 15.6. The molecule has 2 amide bonds. The van der Waals surface area contributed by atoms with Gasteiger partial charge in [-0.25, -0.2) is 9.18 Å². The van der Waals surface area contributed by atoms with Crippen LogP contribution in [0, 0.1) is 5.82 Å². The maximum absolute atomic E-state index is 13.1. The van der Waals surface area contributed by atoms with Gasteiger partial charge in [-0.2, -0.15) is 0 Å². The zero-order chi connectivity index (χ0) is 19.3. The molecule has 1 N–H and O–H groups in total. The van der Waals surface area contributed by atoms with Crippen molar-refractivity contribution in [3.8, 4) is 0 Å². The number of hydrogen-bond acceptors (Lipinski definition) is 3. The van der Waals surface area contributed by atoms with E-state index in [1.54, 1.807) is 6.20 Å². The molecule has 1 fully saturated rings. The molecule has 0 unspecified atom stereocenters. The number of carbonyl (C=O) groups excluding carboxylic acids is 1. The highest BCUT2D eigenvalue weighted by atomic mass is 19.1. The molecule has 6 heteroatoms. The molecule has 0 atom stereocenters. The molecule has 28 heavy (non-hydrogen) atoms. The maximum atomic E-state index is 13.1. The van der Waals surface area contributed by atoms with Crippen LogP contribution in [0.4, 0.5) is 14.9 Å². The monoisotopic (exact) mass is 378 g/mol. The van der Waals surface area contributed by atoms with Crippen molar-refractivity contribution >= 4 is 22.6 Å². The summed E-state index contributed by atoms with van der Waals surface area (Å²) < 4.78 is 13.1. The van der Waals surface area contributed by atoms with Crippen molar-refractivity contribution in [1.29, 1.82) is 0 Å². The van der Waals surface area contributed by atoms with Crippen molar-refractivity contribution in [1.82, 2.24) is 14.8 Å². The van der Waals surface area contributed by atoms with Gasteiger partial charge in [-0.3, -0.25) is 9.88 Å². The smallest absolute Gasteiger partial charge is 0.321 e. The van der Waals surface area contributed by atoms with Gasteiger partial charge in [0.1, 0.15) is 5.82 Å². The minimum atomic E-state index is -0.217. The first-order chi connectivity index (χ1) is 13.7. The molecule has 4 rings (SSSR count). The Morgan fingerprint density at radius 2 is 1.82 bits per heavy atom. The van der Waals surface area contributed by atoms with Gasteiger partial charge in [-0.15, -0.1) is 0 Å². The molecule has 0 bridgehead atoms. The minimum absolute atomic E-state index is 0.0956. The number of halogens is 1. The second kappa shape index (κ2) is 8.35. The van der Waals surface area contributed by atoms with Crippen LogP contribution in [0.5, 0.6) is 0 Å². The van der Waals surface area contributed by atoms with Gasteiger partial charge in [0.2, 0.25) is 0 Å². The van der Waals surface area contributed by atoms with Gasteiger partial charge in [0.15, 0.2) is 0 Å². The quantitative estimate of drug-likeness (QED) is 0.746. The summed E-state index contributed by atoms with van der Waals surface area (Å²) in [4.78, 5) is 21.3. The minimum Gasteiger partial charge on any atom is -0.323 e. The lowest BCUT2D eigenvalue weighted by Gasteiger charge is -2.22. The molecule has 2 aromatic carbocycles. The average molecular weight is 378 g/mol. The Balaban J connectivity index is 1.38. The lowest BCUT2D eigenvalue weighted by atomic mass is 10.2. The second-order valence-electron chi connectivity index (χ2n) is 7.05. The molecule has 1 saturated heterocycles. The first kappa shape index (κ1) is 18.4. The molecule has 1 aromatic heterocycles. The summed E-state index contributed by atoms with van der Waals surface area (Å²) in [5.74, 6) is -0.217. The van der Waals surface area contributed by atoms with Gasteiger partial charge in [-0.05, 0) is 36.2 Å². The molecular weight excluding hydrogens is 355 g/mol. The maximum Gasteiger partial charge on any atom is 0.321 e. The van der Waals surface area contributed by atoms with Crippen LogP contribution in [0.2, 0.25) is 0 Å². The fourth-order valence-corrected chi connectivity index (χ4v) is 3.58. The van der Waals surface area contributed by atoms with Gasteiger partial charge >= 0.3 is 6.03 Å². The van der Waals surface area contributed by atoms with E-state index in [1.807, 2.05) is 47.4 Å². The number of urea groups is 1. The van der Waals surface area contributed by atoms with Crippen LogP contribution in [0.15, 0.2) is 60.8 Å². The molecule has 2 heterocycles. The Hall–Kier alpha value is -2.99. The molecule has 3 aromatic rings. The number of rotatable bonds is 3. The van der Waals surface area contributed by atoms with Crippen molar-refractivity contribution in [3.63, 3.8) is 0 Å². The predicted molar refractivity (Wildman–Crippen MR) is 109 cm³/mol. The van der Waals surface area contributed by atoms with Gasteiger partial charge in [0.05, 0.1) is 11.2 Å². The number of benzene rings is 2. The van der Waals surface area contributed by atoms with Crippen molar-refractivity contribution in [2.75, 3.05) is 31.5 Å². The summed E-state index contributed by atoms with van der Waals surface area (Å²) in [6.45, 7) is 3.84. The fourth-order valence-electron chi connectivity index (χ4n) is 3.58. The van der Waals surface area contributed by atoms with E-state index in [1.165, 1.54) is 12.1 Å². The molecule has 0 saturated carbocycles. The molecule has 5 nitrogen and oxygen atoms in total. The van der Waals surface area contributed by atoms with Crippen LogP contribution in [0.25, 0.3) is 10.9 Å². The molecule has 144 valence electrons. The number of nitrogens with zero attached hydrogens (tertiary/aromatic N) is 3. The highest BCUT2D eigenvalue weighted by molar-refractivity contribution is 5.99. The highest BCUT2D eigenvalue weighted by Gasteiger charge is 2.20. The standard InChI is InChI=1S/C22H23FN4O/c23-19-9-7-17(8-10-19)16-26-12-3-13-27(15-14-26)22(28)25-20-6-1-4-18-5-2-11-24-21(18)20/h1-2,4-11H,3,12-16H2,(H,25,28). The number of aromatic nitrogens is 1. The first-order valence-electron chi connectivity index (χ1n) is 9.55. The van der Waals surface area contributed by atoms with Crippen LogP contribution in [0.1, 0.15) is 12.0 Å². The van der Waals surface area contributed by atoms with Crippen molar-refractivity contribution in [3.05, 3.63) is 72.2 Å². The third-order valence-corrected chi connectivity index (χ3v) is 5.07. The predicted octanol–water partition coefficient (Wildman–Crippen LogP) is 4.11. The lowest BCUT2D eigenvalue weighted by molar-refractivity contribution is 0.211. The van der Waals surface area contributed by atoms with Crippen LogP contribution in [-0.2, 0) is 6.54 Å². The van der Waals surface area contributed by atoms with Gasteiger partial charge in [-0.1, -0.05) is 30.3 Å². The second-order valence-corrected chi connectivity index (χ2v) is 7.05. The molecule has 1 aliphatic heterocycles. The first-order valence-corrected chi connectivity index (χ1v) is 9.55. The van der Waals surface area contributed by atoms with Gasteiger partial charge in [0.25, 0.3) is 0 Å². The normalized spacial score (nSPS) is 15.4. The van der Waals surface area contributed by atoms with E-state index in [0.717, 1.165) is 48.2 Å². The van der Waals surface area contributed by atoms with Crippen molar-refractivity contribution < 1.29 is 9.18 Å². The van der Waals surface area contributed by atoms with Gasteiger partial charge < -0.3 is 10.2 Å². The van der Waals surface area contributed by atoms with E-state index in [9.17, 15) is 9.18 Å². The third kappa shape index (κ3) is 4.28. The topological polar surface area (TPSA) is 48.5 Å². The molecule has 0 radical (unpaired) electrons. The summed E-state index contributed by atoms with van der Waals surface area (Å²) in [5, 5.41) is 4.02. The molecule has 1 aliphatic rings. The Kier molecular flexibility index (Phi) is 5.48. The number of carbonyl (C=O) groups is 1. The number of para-hydroxylation sites is 1. The summed E-state index contributed by atoms with van der Waals surface area (Å²) in [5.41, 5.74) is 2.61. The van der Waals surface area contributed by atoms with E-state index in [2.05, 4.69) is 15.2 Å². The Morgan fingerprint density at radius 1 is 1.00 bits per heavy atom. The third-order valence-electron chi connectivity index (χ3n) is 5.07. The van der Waals surface area contributed by atoms with E-state index >= 15 is 0 Å². The van der Waals surface area contributed by atoms with Crippen LogP contribution >= 0.6 is 0 Å². The summed E-state index contributed by atoms with van der Waals surface area (Å²) in [7, 11) is 0. The van der Waals surface area contributed by atoms with E-state index in [4.69, 9.17) is 0 Å². The molecule has 0 aliphatic carbocycles. The number of anilines is 1. The van der Waals surface area contributed by atoms with E-state index in [0.29, 0.717) is 13.1 Å². The summed E-state index contributed by atoms with van der Waals surface area (Å²) >= 11 is 0. The lowest BCUT2D eigenvalue weighted by Crippen LogP contribution is -2.38. The number of hydrogen-bond donors (Lipinski definition) is 1. The SMILES string of the molecule is O=C(Nc1cccc2cccnc12)N1CCCN(Cc2ccc(F)cc2)CC1. The van der Waals surface area contributed by atoms with Gasteiger partial charge in [0, 0.05) is 44.3 Å². The van der Waals surface area contributed by atoms with Crippen molar-refractivity contribution in [2.24, 2.45) is 0 Å². The van der Waals surface area contributed by atoms with E-state index < -0.39 is 0 Å². The van der Waals surface area contributed by atoms with Crippen LogP contribution in [-0.4, -0.2) is 47.0 Å². The Labute approximate surface area is 163 Å².